The normalized spacial score (nSPS) is 21.1. The third-order valence-electron chi connectivity index (χ3n) is 5.26. The van der Waals surface area contributed by atoms with E-state index >= 15 is 0 Å². The van der Waals surface area contributed by atoms with Gasteiger partial charge in [-0.05, 0) is 19.1 Å². The topological polar surface area (TPSA) is 118 Å². The van der Waals surface area contributed by atoms with E-state index in [0.29, 0.717) is 5.69 Å². The number of nitrogens with two attached hydrogens (primary N) is 1. The molecule has 3 rings (SSSR count). The average Bonchev–Trinajstić information content (AvgIpc) is 2.67. The largest absolute Gasteiger partial charge is 0.355 e. The number of nitrogens with zero attached hydrogens (tertiary/aromatic N) is 3. The van der Waals surface area contributed by atoms with E-state index in [1.807, 2.05) is 0 Å². The minimum absolute atomic E-state index is 0.0104. The van der Waals surface area contributed by atoms with Crippen LogP contribution >= 0.6 is 11.6 Å². The fourth-order valence-corrected chi connectivity index (χ4v) is 4.11. The number of amides is 1. The predicted molar refractivity (Wildman–Crippen MR) is 113 cm³/mol. The highest BCUT2D eigenvalue weighted by Crippen LogP contribution is 2.39. The van der Waals surface area contributed by atoms with Crippen molar-refractivity contribution in [2.75, 3.05) is 23.3 Å². The Labute approximate surface area is 183 Å². The molecule has 31 heavy (non-hydrogen) atoms. The van der Waals surface area contributed by atoms with E-state index in [-0.39, 0.29) is 35.2 Å². The van der Waals surface area contributed by atoms with Crippen LogP contribution in [0, 0.1) is 18.8 Å². The number of piperidine rings is 1. The summed E-state index contributed by atoms with van der Waals surface area (Å²) in [6.07, 6.45) is 1.19. The van der Waals surface area contributed by atoms with Crippen molar-refractivity contribution < 1.29 is 22.0 Å². The van der Waals surface area contributed by atoms with Crippen LogP contribution < -0.4 is 15.4 Å². The van der Waals surface area contributed by atoms with Crippen LogP contribution in [-0.2, 0) is 10.0 Å². The molecule has 1 aliphatic heterocycles. The van der Waals surface area contributed by atoms with Gasteiger partial charge >= 0.3 is 0 Å². The number of hydrogen-bond donors (Lipinski definition) is 2. The maximum atomic E-state index is 14.3. The number of rotatable bonds is 4. The van der Waals surface area contributed by atoms with Crippen molar-refractivity contribution >= 4 is 39.0 Å². The van der Waals surface area contributed by atoms with Gasteiger partial charge in [-0.3, -0.25) is 4.79 Å². The molecule has 0 aliphatic carbocycles. The Morgan fingerprint density at radius 1 is 1.29 bits per heavy atom. The summed E-state index contributed by atoms with van der Waals surface area (Å²) in [5.74, 6) is -5.12. The molecule has 0 unspecified atom stereocenters. The second-order valence-electron chi connectivity index (χ2n) is 7.69. The van der Waals surface area contributed by atoms with E-state index in [1.165, 1.54) is 32.2 Å². The van der Waals surface area contributed by atoms with E-state index in [2.05, 4.69) is 15.3 Å². The van der Waals surface area contributed by atoms with Crippen molar-refractivity contribution in [3.8, 4) is 0 Å². The lowest BCUT2D eigenvalue weighted by Crippen LogP contribution is -2.52. The van der Waals surface area contributed by atoms with Gasteiger partial charge in [0.25, 0.3) is 21.9 Å². The summed E-state index contributed by atoms with van der Waals surface area (Å²) in [6.45, 7) is 4.58. The SMILES string of the molecule is Cc1nc(N2C[C@@H](C)C(F)(F)[C@@H](C)C2)c(C(=O)Nc2ccnc(S(N)(=O)=O)c2)cc1Cl. The Balaban J connectivity index is 1.97. The van der Waals surface area contributed by atoms with Crippen molar-refractivity contribution in [1.29, 1.82) is 0 Å². The van der Waals surface area contributed by atoms with Gasteiger partial charge < -0.3 is 10.2 Å². The number of pyridine rings is 2. The maximum Gasteiger partial charge on any atom is 0.259 e. The Morgan fingerprint density at radius 3 is 2.48 bits per heavy atom. The van der Waals surface area contributed by atoms with Gasteiger partial charge in [0.05, 0.1) is 16.3 Å². The van der Waals surface area contributed by atoms with E-state index in [4.69, 9.17) is 16.7 Å². The summed E-state index contributed by atoms with van der Waals surface area (Å²) in [5, 5.41) is 7.46. The van der Waals surface area contributed by atoms with E-state index in [9.17, 15) is 22.0 Å². The number of primary sulfonamides is 1. The lowest BCUT2D eigenvalue weighted by Gasteiger charge is -2.42. The first-order valence-electron chi connectivity index (χ1n) is 9.40. The Hall–Kier alpha value is -2.37. The zero-order chi connectivity index (χ0) is 23.1. The molecular weight excluding hydrogens is 452 g/mol. The number of hydrogen-bond acceptors (Lipinski definition) is 6. The highest BCUT2D eigenvalue weighted by Gasteiger charge is 2.47. The summed E-state index contributed by atoms with van der Waals surface area (Å²) in [7, 11) is -4.06. The molecule has 0 saturated carbocycles. The molecule has 3 N–H and O–H groups in total. The molecule has 0 aromatic carbocycles. The number of aryl methyl sites for hydroxylation is 1. The molecule has 0 bridgehead atoms. The van der Waals surface area contributed by atoms with Crippen molar-refractivity contribution in [1.82, 2.24) is 9.97 Å². The third kappa shape index (κ3) is 4.78. The van der Waals surface area contributed by atoms with E-state index in [1.54, 1.807) is 11.8 Å². The Kier molecular flexibility index (Phi) is 6.23. The number of carbonyl (C=O) groups is 1. The molecular formula is C19H22ClF2N5O3S. The first-order valence-corrected chi connectivity index (χ1v) is 11.3. The standard InChI is InChI=1S/C19H22ClF2N5O3S/c1-10-8-27(9-11(2)19(10,21)22)17-14(7-15(20)12(3)25-17)18(28)26-13-4-5-24-16(6-13)31(23,29)30/h4-7,10-11H,8-9H2,1-3H3,(H2,23,29,30)(H,24,26,28)/t10-,11+. The number of aromatic nitrogens is 2. The van der Waals surface area contributed by atoms with Crippen LogP contribution in [0.2, 0.25) is 5.02 Å². The highest BCUT2D eigenvalue weighted by molar-refractivity contribution is 7.89. The van der Waals surface area contributed by atoms with Crippen LogP contribution in [0.4, 0.5) is 20.3 Å². The third-order valence-corrected chi connectivity index (χ3v) is 6.45. The molecule has 12 heteroatoms. The zero-order valence-corrected chi connectivity index (χ0v) is 18.6. The smallest absolute Gasteiger partial charge is 0.259 e. The second kappa shape index (κ2) is 8.29. The summed E-state index contributed by atoms with van der Waals surface area (Å²) in [6, 6.07) is 3.92. The van der Waals surface area contributed by atoms with Crippen LogP contribution in [0.3, 0.4) is 0 Å². The van der Waals surface area contributed by atoms with Crippen LogP contribution in [-0.4, -0.2) is 43.3 Å². The fourth-order valence-electron chi connectivity index (χ4n) is 3.46. The van der Waals surface area contributed by atoms with Gasteiger partial charge in [0.15, 0.2) is 5.03 Å². The molecule has 8 nitrogen and oxygen atoms in total. The maximum absolute atomic E-state index is 14.3. The zero-order valence-electron chi connectivity index (χ0n) is 17.1. The highest BCUT2D eigenvalue weighted by atomic mass is 35.5. The number of anilines is 2. The summed E-state index contributed by atoms with van der Waals surface area (Å²) >= 11 is 6.17. The molecule has 1 aliphatic rings. The average molecular weight is 474 g/mol. The monoisotopic (exact) mass is 473 g/mol. The van der Waals surface area contributed by atoms with Crippen molar-refractivity contribution in [2.45, 2.75) is 31.7 Å². The number of sulfonamides is 1. The molecule has 3 heterocycles. The Morgan fingerprint density at radius 2 is 1.90 bits per heavy atom. The molecule has 0 radical (unpaired) electrons. The van der Waals surface area contributed by atoms with E-state index in [0.717, 1.165) is 6.07 Å². The second-order valence-corrected chi connectivity index (χ2v) is 9.61. The number of halogens is 3. The van der Waals surface area contributed by atoms with Crippen LogP contribution in [0.25, 0.3) is 0 Å². The Bertz CT molecular complexity index is 1120. The van der Waals surface area contributed by atoms with Gasteiger partial charge in [-0.1, -0.05) is 25.4 Å². The number of alkyl halides is 2. The van der Waals surface area contributed by atoms with Gasteiger partial charge in [0, 0.05) is 42.9 Å². The van der Waals surface area contributed by atoms with Crippen LogP contribution in [0.5, 0.6) is 0 Å². The molecule has 2 aromatic heterocycles. The molecule has 2 aromatic rings. The van der Waals surface area contributed by atoms with Gasteiger partial charge in [0.1, 0.15) is 5.82 Å². The van der Waals surface area contributed by atoms with Gasteiger partial charge in [-0.15, -0.1) is 0 Å². The first-order chi connectivity index (χ1) is 14.3. The van der Waals surface area contributed by atoms with Crippen molar-refractivity contribution in [3.05, 3.63) is 40.7 Å². The quantitative estimate of drug-likeness (QED) is 0.704. The minimum Gasteiger partial charge on any atom is -0.355 e. The molecule has 2 atom stereocenters. The van der Waals surface area contributed by atoms with Gasteiger partial charge in [0.2, 0.25) is 0 Å². The van der Waals surface area contributed by atoms with Crippen LogP contribution in [0.15, 0.2) is 29.4 Å². The molecule has 1 fully saturated rings. The number of carbonyl (C=O) groups excluding carboxylic acids is 1. The summed E-state index contributed by atoms with van der Waals surface area (Å²) in [5.41, 5.74) is 0.666. The van der Waals surface area contributed by atoms with E-state index < -0.39 is 38.7 Å². The first kappa shape index (κ1) is 23.3. The van der Waals surface area contributed by atoms with Gasteiger partial charge in [-0.25, -0.2) is 32.3 Å². The van der Waals surface area contributed by atoms with Crippen LogP contribution in [0.1, 0.15) is 29.9 Å². The molecule has 0 spiro atoms. The van der Waals surface area contributed by atoms with Gasteiger partial charge in [-0.2, -0.15) is 0 Å². The molecule has 1 amide bonds. The lowest BCUT2D eigenvalue weighted by molar-refractivity contribution is -0.105. The summed E-state index contributed by atoms with van der Waals surface area (Å²) in [4.78, 5) is 22.7. The van der Waals surface area contributed by atoms with Crippen molar-refractivity contribution in [3.63, 3.8) is 0 Å². The lowest BCUT2D eigenvalue weighted by atomic mass is 9.87. The van der Waals surface area contributed by atoms with Crippen molar-refractivity contribution in [2.24, 2.45) is 17.0 Å². The molecule has 1 saturated heterocycles. The summed E-state index contributed by atoms with van der Waals surface area (Å²) < 4.78 is 51.6. The predicted octanol–water partition coefficient (Wildman–Crippen LogP) is 3.07. The number of nitrogens with one attached hydrogen (secondary N) is 1. The fraction of sp³-hybridized carbons (Fsp3) is 0.421. The minimum atomic E-state index is -4.06. The molecule has 168 valence electrons.